The molecule has 0 saturated carbocycles. The molecule has 3 nitrogen and oxygen atoms in total. The summed E-state index contributed by atoms with van der Waals surface area (Å²) in [6.07, 6.45) is -6.13. The molecule has 1 amide bonds. The number of hydrogen-bond donors (Lipinski definition) is 2. The number of carbonyl (C=O) groups excluding carboxylic acids is 1. The lowest BCUT2D eigenvalue weighted by molar-refractivity contribution is -0.150. The Bertz CT molecular complexity index is 386. The molecule has 0 fully saturated rings. The molecule has 0 aliphatic heterocycles. The van der Waals surface area contributed by atoms with Gasteiger partial charge < -0.3 is 11.1 Å². The van der Waals surface area contributed by atoms with Crippen molar-refractivity contribution in [2.24, 2.45) is 0 Å². The zero-order valence-corrected chi connectivity index (χ0v) is 8.69. The highest BCUT2D eigenvalue weighted by Crippen LogP contribution is 2.29. The highest BCUT2D eigenvalue weighted by molar-refractivity contribution is 6.34. The van der Waals surface area contributed by atoms with Gasteiger partial charge in [0.05, 0.1) is 16.4 Å². The van der Waals surface area contributed by atoms with Gasteiger partial charge in [0.1, 0.15) is 6.42 Å². The third-order valence-corrected chi connectivity index (χ3v) is 1.99. The van der Waals surface area contributed by atoms with Gasteiger partial charge in [-0.1, -0.05) is 17.7 Å². The van der Waals surface area contributed by atoms with Crippen molar-refractivity contribution in [2.75, 3.05) is 11.1 Å². The minimum Gasteiger partial charge on any atom is -0.397 e. The maximum atomic E-state index is 11.9. The Morgan fingerprint density at radius 1 is 1.44 bits per heavy atom. The van der Waals surface area contributed by atoms with Crippen molar-refractivity contribution in [3.8, 4) is 0 Å². The second-order valence-corrected chi connectivity index (χ2v) is 3.45. The van der Waals surface area contributed by atoms with E-state index in [1.165, 1.54) is 18.2 Å². The lowest BCUT2D eigenvalue weighted by Crippen LogP contribution is -2.21. The summed E-state index contributed by atoms with van der Waals surface area (Å²) in [5, 5.41) is 2.11. The number of nitrogen functional groups attached to an aromatic ring is 1. The molecule has 0 bridgehead atoms. The summed E-state index contributed by atoms with van der Waals surface area (Å²) in [6, 6.07) is 4.37. The SMILES string of the molecule is Nc1cccc(Cl)c1NC(=O)CC(F)(F)F. The van der Waals surface area contributed by atoms with E-state index in [1.807, 2.05) is 5.32 Å². The van der Waals surface area contributed by atoms with Gasteiger partial charge in [-0.05, 0) is 12.1 Å². The molecule has 7 heteroatoms. The van der Waals surface area contributed by atoms with E-state index < -0.39 is 18.5 Å². The van der Waals surface area contributed by atoms with Crippen molar-refractivity contribution in [2.45, 2.75) is 12.6 Å². The normalized spacial score (nSPS) is 11.2. The number of amides is 1. The Balaban J connectivity index is 2.78. The van der Waals surface area contributed by atoms with Gasteiger partial charge in [0, 0.05) is 0 Å². The third kappa shape index (κ3) is 3.62. The molecular formula is C9H8ClF3N2O. The van der Waals surface area contributed by atoms with Crippen LogP contribution in [0.25, 0.3) is 0 Å². The number of benzene rings is 1. The van der Waals surface area contributed by atoms with Gasteiger partial charge in [-0.2, -0.15) is 13.2 Å². The van der Waals surface area contributed by atoms with Crippen molar-refractivity contribution >= 4 is 28.9 Å². The van der Waals surface area contributed by atoms with Gasteiger partial charge in [0.25, 0.3) is 0 Å². The average molecular weight is 253 g/mol. The second kappa shape index (κ2) is 4.61. The summed E-state index contributed by atoms with van der Waals surface area (Å²) >= 11 is 5.67. The highest BCUT2D eigenvalue weighted by atomic mass is 35.5. The zero-order valence-electron chi connectivity index (χ0n) is 7.94. The standard InChI is InChI=1S/C9H8ClF3N2O/c10-5-2-1-3-6(14)8(5)15-7(16)4-9(11,12)13/h1-3H,4,14H2,(H,15,16). The number of rotatable bonds is 2. The molecule has 1 aromatic carbocycles. The number of nitrogens with two attached hydrogens (primary N) is 1. The molecule has 0 aliphatic rings. The first-order chi connectivity index (χ1) is 7.29. The predicted molar refractivity (Wildman–Crippen MR) is 55.2 cm³/mol. The summed E-state index contributed by atoms with van der Waals surface area (Å²) in [6.45, 7) is 0. The first-order valence-corrected chi connectivity index (χ1v) is 4.58. The molecule has 1 rings (SSSR count). The topological polar surface area (TPSA) is 55.1 Å². The van der Waals surface area contributed by atoms with Gasteiger partial charge in [0.15, 0.2) is 0 Å². The number of alkyl halides is 3. The minimum atomic E-state index is -4.56. The largest absolute Gasteiger partial charge is 0.397 e. The summed E-state index contributed by atoms with van der Waals surface area (Å²) in [5.41, 5.74) is 5.57. The van der Waals surface area contributed by atoms with Crippen molar-refractivity contribution in [3.05, 3.63) is 23.2 Å². The second-order valence-electron chi connectivity index (χ2n) is 3.04. The smallest absolute Gasteiger partial charge is 0.397 e. The molecule has 3 N–H and O–H groups in total. The Morgan fingerprint density at radius 3 is 2.56 bits per heavy atom. The Kier molecular flexibility index (Phi) is 3.64. The Labute approximate surface area is 94.4 Å². The van der Waals surface area contributed by atoms with E-state index >= 15 is 0 Å². The van der Waals surface area contributed by atoms with Gasteiger partial charge in [-0.25, -0.2) is 0 Å². The molecule has 1 aromatic rings. The van der Waals surface area contributed by atoms with E-state index in [0.29, 0.717) is 0 Å². The number of halogens is 4. The summed E-state index contributed by atoms with van der Waals surface area (Å²) < 4.78 is 35.7. The van der Waals surface area contributed by atoms with Crippen LogP contribution in [0.1, 0.15) is 6.42 Å². The summed E-state index contributed by atoms with van der Waals surface area (Å²) in [7, 11) is 0. The first kappa shape index (κ1) is 12.6. The van der Waals surface area contributed by atoms with Crippen LogP contribution in [0.3, 0.4) is 0 Å². The van der Waals surface area contributed by atoms with E-state index in [1.54, 1.807) is 0 Å². The van der Waals surface area contributed by atoms with Gasteiger partial charge >= 0.3 is 6.18 Å². The lowest BCUT2D eigenvalue weighted by Gasteiger charge is -2.11. The van der Waals surface area contributed by atoms with E-state index in [4.69, 9.17) is 17.3 Å². The van der Waals surface area contributed by atoms with Crippen LogP contribution in [-0.2, 0) is 4.79 Å². The van der Waals surface area contributed by atoms with Gasteiger partial charge in [-0.15, -0.1) is 0 Å². The zero-order chi connectivity index (χ0) is 12.3. The van der Waals surface area contributed by atoms with Crippen molar-refractivity contribution in [1.29, 1.82) is 0 Å². The number of para-hydroxylation sites is 1. The Hall–Kier alpha value is -1.43. The van der Waals surface area contributed by atoms with Crippen molar-refractivity contribution in [3.63, 3.8) is 0 Å². The van der Waals surface area contributed by atoms with E-state index in [9.17, 15) is 18.0 Å². The quantitative estimate of drug-likeness (QED) is 0.795. The van der Waals surface area contributed by atoms with E-state index in [0.717, 1.165) is 0 Å². The monoisotopic (exact) mass is 252 g/mol. The minimum absolute atomic E-state index is 0.00147. The third-order valence-electron chi connectivity index (χ3n) is 1.67. The molecule has 0 unspecified atom stereocenters. The first-order valence-electron chi connectivity index (χ1n) is 4.20. The molecule has 88 valence electrons. The van der Waals surface area contributed by atoms with E-state index in [-0.39, 0.29) is 16.4 Å². The van der Waals surface area contributed by atoms with Crippen LogP contribution in [0, 0.1) is 0 Å². The molecule has 16 heavy (non-hydrogen) atoms. The molecule has 0 heterocycles. The predicted octanol–water partition coefficient (Wildman–Crippen LogP) is 2.81. The van der Waals surface area contributed by atoms with Crippen LogP contribution in [0.15, 0.2) is 18.2 Å². The van der Waals surface area contributed by atoms with Crippen molar-refractivity contribution in [1.82, 2.24) is 0 Å². The van der Waals surface area contributed by atoms with Gasteiger partial charge in [0.2, 0.25) is 5.91 Å². The van der Waals surface area contributed by atoms with Crippen LogP contribution >= 0.6 is 11.6 Å². The number of anilines is 2. The van der Waals surface area contributed by atoms with Gasteiger partial charge in [-0.3, -0.25) is 4.79 Å². The molecule has 0 aromatic heterocycles. The van der Waals surface area contributed by atoms with Crippen LogP contribution < -0.4 is 11.1 Å². The van der Waals surface area contributed by atoms with Crippen LogP contribution in [-0.4, -0.2) is 12.1 Å². The summed E-state index contributed by atoms with van der Waals surface area (Å²) in [4.78, 5) is 11.0. The summed E-state index contributed by atoms with van der Waals surface area (Å²) in [5.74, 6) is -1.20. The van der Waals surface area contributed by atoms with Crippen molar-refractivity contribution < 1.29 is 18.0 Å². The molecule has 0 atom stereocenters. The molecule has 0 spiro atoms. The number of nitrogens with one attached hydrogen (secondary N) is 1. The Morgan fingerprint density at radius 2 is 2.06 bits per heavy atom. The van der Waals surface area contributed by atoms with Crippen LogP contribution in [0.4, 0.5) is 24.5 Å². The lowest BCUT2D eigenvalue weighted by atomic mass is 10.2. The maximum absolute atomic E-state index is 11.9. The molecule has 0 saturated heterocycles. The fourth-order valence-corrected chi connectivity index (χ4v) is 1.27. The highest BCUT2D eigenvalue weighted by Gasteiger charge is 2.31. The number of carbonyl (C=O) groups is 1. The van der Waals surface area contributed by atoms with Crippen LogP contribution in [0.2, 0.25) is 5.02 Å². The van der Waals surface area contributed by atoms with E-state index in [2.05, 4.69) is 0 Å². The molecular weight excluding hydrogens is 245 g/mol. The fraction of sp³-hybridized carbons (Fsp3) is 0.222. The molecule has 0 radical (unpaired) electrons. The average Bonchev–Trinajstić information content (AvgIpc) is 2.08. The fourth-order valence-electron chi connectivity index (χ4n) is 1.04. The molecule has 0 aliphatic carbocycles. The van der Waals surface area contributed by atoms with Crippen LogP contribution in [0.5, 0.6) is 0 Å². The number of hydrogen-bond acceptors (Lipinski definition) is 2. The maximum Gasteiger partial charge on any atom is 0.397 e.